The number of benzene rings is 2. The molecule has 0 saturated heterocycles. The van der Waals surface area contributed by atoms with E-state index in [1.165, 1.54) is 25.3 Å². The van der Waals surface area contributed by atoms with E-state index in [1.807, 2.05) is 6.92 Å². The van der Waals surface area contributed by atoms with E-state index in [1.54, 1.807) is 13.0 Å². The Kier molecular flexibility index (Phi) is 7.09. The molecule has 1 N–H and O–H groups in total. The third kappa shape index (κ3) is 5.54. The number of amides is 1. The van der Waals surface area contributed by atoms with Crippen molar-refractivity contribution in [1.29, 1.82) is 0 Å². The molecule has 0 radical (unpaired) electrons. The highest BCUT2D eigenvalue weighted by molar-refractivity contribution is 7.90. The molecular weight excluding hydrogens is 542 g/mol. The second-order valence-corrected chi connectivity index (χ2v) is 11.7. The molecule has 0 unspecified atom stereocenters. The molecule has 0 atom stereocenters. The van der Waals surface area contributed by atoms with Gasteiger partial charge in [-0.2, -0.15) is 13.2 Å². The topological polar surface area (TPSA) is 107 Å². The van der Waals surface area contributed by atoms with Gasteiger partial charge in [-0.25, -0.2) is 12.8 Å². The van der Waals surface area contributed by atoms with Crippen molar-refractivity contribution in [3.8, 4) is 17.4 Å². The van der Waals surface area contributed by atoms with Crippen LogP contribution in [0.3, 0.4) is 0 Å². The Morgan fingerprint density at radius 1 is 1.10 bits per heavy atom. The van der Waals surface area contributed by atoms with Gasteiger partial charge < -0.3 is 14.8 Å². The van der Waals surface area contributed by atoms with E-state index in [0.29, 0.717) is 11.1 Å². The van der Waals surface area contributed by atoms with Crippen LogP contribution in [-0.4, -0.2) is 37.9 Å². The van der Waals surface area contributed by atoms with Gasteiger partial charge in [0.2, 0.25) is 0 Å². The average Bonchev–Trinajstić information content (AvgIpc) is 3.58. The molecule has 0 spiro atoms. The van der Waals surface area contributed by atoms with Crippen molar-refractivity contribution in [2.75, 3.05) is 18.7 Å². The van der Waals surface area contributed by atoms with Gasteiger partial charge in [0.1, 0.15) is 5.56 Å². The smallest absolute Gasteiger partial charge is 0.435 e. The number of nitrogens with zero attached hydrogens (tertiary/aromatic N) is 2. The van der Waals surface area contributed by atoms with Gasteiger partial charge in [0.15, 0.2) is 32.8 Å². The molecule has 208 valence electrons. The number of ether oxygens (including phenoxy) is 2. The van der Waals surface area contributed by atoms with Crippen LogP contribution in [0, 0.1) is 19.7 Å². The quantitative estimate of drug-likeness (QED) is 0.362. The lowest BCUT2D eigenvalue weighted by Gasteiger charge is -2.20. The fraction of sp³-hybridized carbons (Fsp3) is 0.346. The maximum absolute atomic E-state index is 15.4. The first kappa shape index (κ1) is 28.3. The number of alkyl halides is 3. The molecule has 3 aromatic rings. The van der Waals surface area contributed by atoms with E-state index in [2.05, 4.69) is 15.5 Å². The van der Waals surface area contributed by atoms with Gasteiger partial charge in [0, 0.05) is 11.9 Å². The number of carbonyl (C=O) groups excluding carboxylic acids is 1. The molecule has 39 heavy (non-hydrogen) atoms. The Bertz CT molecular complexity index is 1590. The highest BCUT2D eigenvalue weighted by Gasteiger charge is 2.43. The zero-order chi connectivity index (χ0) is 28.9. The first-order valence-corrected chi connectivity index (χ1v) is 13.6. The first-order valence-electron chi connectivity index (χ1n) is 11.7. The molecule has 1 amide bonds. The molecular formula is C26H25F4N3O5S. The predicted octanol–water partition coefficient (Wildman–Crippen LogP) is 5.76. The highest BCUT2D eigenvalue weighted by Crippen LogP contribution is 2.52. The maximum atomic E-state index is 15.4. The number of rotatable bonds is 7. The highest BCUT2D eigenvalue weighted by atomic mass is 32.2. The van der Waals surface area contributed by atoms with Crippen molar-refractivity contribution in [2.24, 2.45) is 0 Å². The number of sulfone groups is 1. The number of aromatic nitrogens is 2. The van der Waals surface area contributed by atoms with E-state index < -0.39 is 50.4 Å². The normalized spacial score (nSPS) is 14.6. The Morgan fingerprint density at radius 2 is 1.77 bits per heavy atom. The van der Waals surface area contributed by atoms with Crippen LogP contribution in [0.2, 0.25) is 0 Å². The van der Waals surface area contributed by atoms with Gasteiger partial charge in [-0.1, -0.05) is 13.0 Å². The van der Waals surface area contributed by atoms with Crippen molar-refractivity contribution in [3.63, 3.8) is 0 Å². The maximum Gasteiger partial charge on any atom is 0.435 e. The predicted molar refractivity (Wildman–Crippen MR) is 134 cm³/mol. The molecule has 1 aliphatic rings. The third-order valence-corrected chi connectivity index (χ3v) is 7.72. The van der Waals surface area contributed by atoms with E-state index in [-0.39, 0.29) is 27.5 Å². The minimum absolute atomic E-state index is 0.000446. The molecule has 2 aromatic carbocycles. The summed E-state index contributed by atoms with van der Waals surface area (Å²) >= 11 is 0. The molecule has 1 aromatic heterocycles. The zero-order valence-electron chi connectivity index (χ0n) is 21.7. The lowest BCUT2D eigenvalue weighted by molar-refractivity contribution is -0.142. The van der Waals surface area contributed by atoms with Gasteiger partial charge in [-0.05, 0) is 73.1 Å². The van der Waals surface area contributed by atoms with E-state index >= 15 is 4.39 Å². The number of halogens is 4. The minimum atomic E-state index is -4.94. The van der Waals surface area contributed by atoms with Crippen molar-refractivity contribution >= 4 is 21.4 Å². The van der Waals surface area contributed by atoms with Crippen LogP contribution in [0.15, 0.2) is 35.2 Å². The summed E-state index contributed by atoms with van der Waals surface area (Å²) in [5.41, 5.74) is -2.18. The molecule has 0 bridgehead atoms. The Balaban J connectivity index is 1.82. The first-order chi connectivity index (χ1) is 18.1. The molecule has 0 aliphatic heterocycles. The second kappa shape index (κ2) is 9.78. The second-order valence-electron chi connectivity index (χ2n) is 9.69. The molecule has 1 heterocycles. The van der Waals surface area contributed by atoms with Crippen LogP contribution in [-0.2, 0) is 21.4 Å². The summed E-state index contributed by atoms with van der Waals surface area (Å²) in [7, 11) is -2.41. The number of nitrogens with one attached hydrogen (secondary N) is 1. The number of anilines is 1. The summed E-state index contributed by atoms with van der Waals surface area (Å²) in [6.07, 6.45) is -2.42. The van der Waals surface area contributed by atoms with E-state index in [4.69, 9.17) is 9.47 Å². The van der Waals surface area contributed by atoms with Crippen LogP contribution in [0.4, 0.5) is 23.2 Å². The van der Waals surface area contributed by atoms with Crippen molar-refractivity contribution in [1.82, 2.24) is 10.2 Å². The number of aryl methyl sites for hydroxylation is 1. The summed E-state index contributed by atoms with van der Waals surface area (Å²) in [6.45, 7) is 4.53. The van der Waals surface area contributed by atoms with E-state index in [0.717, 1.165) is 32.1 Å². The van der Waals surface area contributed by atoms with Gasteiger partial charge in [-0.3, -0.25) is 4.79 Å². The Hall–Kier alpha value is -3.74. The van der Waals surface area contributed by atoms with Gasteiger partial charge in [0.05, 0.1) is 12.0 Å². The van der Waals surface area contributed by atoms with Crippen LogP contribution in [0.25, 0.3) is 0 Å². The van der Waals surface area contributed by atoms with Crippen LogP contribution < -0.4 is 14.8 Å². The van der Waals surface area contributed by atoms with Gasteiger partial charge in [0.25, 0.3) is 11.8 Å². The number of methoxy groups -OCH3 is 1. The molecule has 13 heteroatoms. The van der Waals surface area contributed by atoms with Crippen molar-refractivity contribution in [2.45, 2.75) is 50.1 Å². The van der Waals surface area contributed by atoms with Crippen LogP contribution >= 0.6 is 0 Å². The third-order valence-electron chi connectivity index (χ3n) is 6.61. The van der Waals surface area contributed by atoms with Gasteiger partial charge >= 0.3 is 6.18 Å². The molecule has 1 fully saturated rings. The summed E-state index contributed by atoms with van der Waals surface area (Å²) in [6, 6.07) is 6.75. The number of hydrogen-bond acceptors (Lipinski definition) is 7. The molecule has 1 saturated carbocycles. The molecule has 4 rings (SSSR count). The fourth-order valence-electron chi connectivity index (χ4n) is 4.15. The summed E-state index contributed by atoms with van der Waals surface area (Å²) in [5, 5.41) is 9.13. The minimum Gasteiger partial charge on any atom is -0.490 e. The Labute approximate surface area is 222 Å². The SMILES string of the molecule is COc1c(F)c(C2(C)CC2)cc(C)c1Oc1nnc(C(F)(F)F)c(C)c1C(=O)Nc1cccc(S(C)(=O)=O)c1. The zero-order valence-corrected chi connectivity index (χ0v) is 22.5. The monoisotopic (exact) mass is 567 g/mol. The molecule has 8 nitrogen and oxygen atoms in total. The summed E-state index contributed by atoms with van der Waals surface area (Å²) < 4.78 is 91.2. The average molecular weight is 568 g/mol. The van der Waals surface area contributed by atoms with Gasteiger partial charge in [-0.15, -0.1) is 10.2 Å². The standard InChI is InChI=1S/C26H25F4N3O5S/c1-13-11-17(25(3)9-10-25)19(27)21(37-4)20(13)38-24-18(14(2)22(32-33-24)26(28,29)30)23(34)31-15-7-6-8-16(12-15)39(5,35)36/h6-8,11-12H,9-10H2,1-5H3,(H,31,34). The van der Waals surface area contributed by atoms with Crippen LogP contribution in [0.5, 0.6) is 17.4 Å². The van der Waals surface area contributed by atoms with Crippen LogP contribution in [0.1, 0.15) is 52.5 Å². The largest absolute Gasteiger partial charge is 0.490 e. The Morgan fingerprint density at radius 3 is 2.33 bits per heavy atom. The molecule has 1 aliphatic carbocycles. The van der Waals surface area contributed by atoms with E-state index in [9.17, 15) is 26.4 Å². The number of hydrogen-bond donors (Lipinski definition) is 1. The lowest BCUT2D eigenvalue weighted by atomic mass is 9.95. The van der Waals surface area contributed by atoms with Crippen molar-refractivity contribution in [3.05, 3.63) is 64.1 Å². The summed E-state index contributed by atoms with van der Waals surface area (Å²) in [4.78, 5) is 13.2. The van der Waals surface area contributed by atoms with Crippen molar-refractivity contribution < 1.29 is 40.2 Å². The summed E-state index contributed by atoms with van der Waals surface area (Å²) in [5.74, 6) is -2.84. The lowest BCUT2D eigenvalue weighted by Crippen LogP contribution is -2.21. The fourth-order valence-corrected chi connectivity index (χ4v) is 4.82. The number of carbonyl (C=O) groups is 1.